The average molecular weight is 189 g/mol. The van der Waals surface area contributed by atoms with Gasteiger partial charge in [-0.25, -0.2) is 9.50 Å². The summed E-state index contributed by atoms with van der Waals surface area (Å²) in [6.45, 7) is 5.75. The molecule has 4 nitrogen and oxygen atoms in total. The Morgan fingerprint density at radius 2 is 2.36 bits per heavy atom. The lowest BCUT2D eigenvalue weighted by Gasteiger charge is -2.07. The predicted octanol–water partition coefficient (Wildman–Crippen LogP) is 1.77. The van der Waals surface area contributed by atoms with Crippen LogP contribution in [-0.4, -0.2) is 21.7 Å². The monoisotopic (exact) mass is 189 g/mol. The molecule has 2 heterocycles. The maximum Gasteiger partial charge on any atom is 0.163 e. The van der Waals surface area contributed by atoms with E-state index >= 15 is 0 Å². The van der Waals surface area contributed by atoms with Crippen molar-refractivity contribution < 1.29 is 4.74 Å². The lowest BCUT2D eigenvalue weighted by atomic mass is 10.2. The normalized spacial score (nSPS) is 10.4. The summed E-state index contributed by atoms with van der Waals surface area (Å²) in [6.07, 6.45) is 3.50. The lowest BCUT2D eigenvalue weighted by molar-refractivity contribution is 0.408. The lowest BCUT2D eigenvalue weighted by Crippen LogP contribution is -1.98. The molecule has 0 aromatic carbocycles. The third-order valence-corrected chi connectivity index (χ3v) is 1.97. The fraction of sp³-hybridized carbons (Fsp3) is 0.200. The summed E-state index contributed by atoms with van der Waals surface area (Å²) in [5.41, 5.74) is 2.45. The van der Waals surface area contributed by atoms with Crippen LogP contribution in [0.15, 0.2) is 25.0 Å². The number of hydrogen-bond acceptors (Lipinski definition) is 3. The van der Waals surface area contributed by atoms with E-state index in [2.05, 4.69) is 16.7 Å². The Balaban J connectivity index is 2.72. The molecule has 72 valence electrons. The van der Waals surface area contributed by atoms with Crippen molar-refractivity contribution in [1.29, 1.82) is 0 Å². The average Bonchev–Trinajstić information content (AvgIpc) is 2.62. The van der Waals surface area contributed by atoms with Crippen molar-refractivity contribution in [2.24, 2.45) is 0 Å². The van der Waals surface area contributed by atoms with E-state index in [0.717, 1.165) is 16.9 Å². The Morgan fingerprint density at radius 3 is 3.00 bits per heavy atom. The van der Waals surface area contributed by atoms with E-state index in [1.54, 1.807) is 24.0 Å². The Morgan fingerprint density at radius 1 is 1.57 bits per heavy atom. The molecule has 0 amide bonds. The summed E-state index contributed by atoms with van der Waals surface area (Å²) in [5.74, 6) is 0.689. The standard InChI is InChI=1S/C10H11N3O/c1-7(2)10-8(14-3)6-13-9(12-10)4-5-11-13/h4-6H,1H2,2-3H3. The van der Waals surface area contributed by atoms with E-state index in [1.165, 1.54) is 0 Å². The maximum atomic E-state index is 5.20. The molecule has 0 saturated carbocycles. The van der Waals surface area contributed by atoms with Gasteiger partial charge in [0.1, 0.15) is 5.69 Å². The molecule has 0 bridgehead atoms. The van der Waals surface area contributed by atoms with Crippen LogP contribution in [0.4, 0.5) is 0 Å². The van der Waals surface area contributed by atoms with Crippen molar-refractivity contribution in [1.82, 2.24) is 14.6 Å². The van der Waals surface area contributed by atoms with Gasteiger partial charge < -0.3 is 4.74 Å². The van der Waals surface area contributed by atoms with Gasteiger partial charge in [-0.05, 0) is 12.5 Å². The van der Waals surface area contributed by atoms with Crippen LogP contribution in [0, 0.1) is 0 Å². The van der Waals surface area contributed by atoms with Crippen molar-refractivity contribution in [2.45, 2.75) is 6.92 Å². The molecule has 0 atom stereocenters. The molecule has 0 spiro atoms. The molecule has 4 heteroatoms. The van der Waals surface area contributed by atoms with Crippen LogP contribution in [0.3, 0.4) is 0 Å². The van der Waals surface area contributed by atoms with Crippen LogP contribution >= 0.6 is 0 Å². The fourth-order valence-corrected chi connectivity index (χ4v) is 1.29. The van der Waals surface area contributed by atoms with Crippen molar-refractivity contribution in [2.75, 3.05) is 7.11 Å². The molecular weight excluding hydrogens is 178 g/mol. The van der Waals surface area contributed by atoms with Crippen LogP contribution in [0.25, 0.3) is 11.2 Å². The van der Waals surface area contributed by atoms with E-state index in [0.29, 0.717) is 5.75 Å². The van der Waals surface area contributed by atoms with Gasteiger partial charge in [0.05, 0.1) is 19.5 Å². The Kier molecular flexibility index (Phi) is 1.96. The third kappa shape index (κ3) is 1.25. The third-order valence-electron chi connectivity index (χ3n) is 1.97. The molecule has 2 aromatic heterocycles. The van der Waals surface area contributed by atoms with Crippen molar-refractivity contribution in [3.63, 3.8) is 0 Å². The van der Waals surface area contributed by atoms with Gasteiger partial charge in [-0.3, -0.25) is 0 Å². The number of nitrogens with zero attached hydrogens (tertiary/aromatic N) is 3. The first-order valence-corrected chi connectivity index (χ1v) is 4.26. The molecule has 0 fully saturated rings. The predicted molar refractivity (Wildman–Crippen MR) is 54.2 cm³/mol. The number of hydrogen-bond donors (Lipinski definition) is 0. The van der Waals surface area contributed by atoms with Gasteiger partial charge in [0, 0.05) is 6.07 Å². The van der Waals surface area contributed by atoms with Gasteiger partial charge >= 0.3 is 0 Å². The second-order valence-corrected chi connectivity index (χ2v) is 3.07. The highest BCUT2D eigenvalue weighted by atomic mass is 16.5. The highest BCUT2D eigenvalue weighted by molar-refractivity contribution is 5.65. The van der Waals surface area contributed by atoms with Gasteiger partial charge in [-0.1, -0.05) is 6.58 Å². The first-order chi connectivity index (χ1) is 6.72. The molecule has 14 heavy (non-hydrogen) atoms. The largest absolute Gasteiger partial charge is 0.493 e. The molecule has 0 unspecified atom stereocenters. The summed E-state index contributed by atoms with van der Waals surface area (Å²) in [5, 5.41) is 4.07. The van der Waals surface area contributed by atoms with Crippen LogP contribution in [-0.2, 0) is 0 Å². The summed E-state index contributed by atoms with van der Waals surface area (Å²) < 4.78 is 6.87. The highest BCUT2D eigenvalue weighted by Crippen LogP contribution is 2.22. The summed E-state index contributed by atoms with van der Waals surface area (Å²) in [6, 6.07) is 1.84. The molecule has 0 aliphatic carbocycles. The van der Waals surface area contributed by atoms with Crippen molar-refractivity contribution in [3.05, 3.63) is 30.7 Å². The number of methoxy groups -OCH3 is 1. The van der Waals surface area contributed by atoms with Gasteiger partial charge in [0.2, 0.25) is 0 Å². The fourth-order valence-electron chi connectivity index (χ4n) is 1.29. The smallest absolute Gasteiger partial charge is 0.163 e. The molecular formula is C10H11N3O. The van der Waals surface area contributed by atoms with E-state index in [-0.39, 0.29) is 0 Å². The molecule has 0 aliphatic rings. The SMILES string of the molecule is C=C(C)c1nc2ccnn2cc1OC. The van der Waals surface area contributed by atoms with E-state index < -0.39 is 0 Å². The van der Waals surface area contributed by atoms with Crippen LogP contribution in [0.2, 0.25) is 0 Å². The summed E-state index contributed by atoms with van der Waals surface area (Å²) >= 11 is 0. The number of allylic oxidation sites excluding steroid dienone is 1. The zero-order valence-electron chi connectivity index (χ0n) is 8.19. The second kappa shape index (κ2) is 3.14. The van der Waals surface area contributed by atoms with Gasteiger partial charge in [0.15, 0.2) is 11.4 Å². The number of rotatable bonds is 2. The molecule has 0 aliphatic heterocycles. The van der Waals surface area contributed by atoms with Crippen molar-refractivity contribution in [3.8, 4) is 5.75 Å². The number of ether oxygens (including phenoxy) is 1. The first-order valence-electron chi connectivity index (χ1n) is 4.26. The minimum atomic E-state index is 0.689. The van der Waals surface area contributed by atoms with Crippen LogP contribution in [0.1, 0.15) is 12.6 Å². The second-order valence-electron chi connectivity index (χ2n) is 3.07. The Hall–Kier alpha value is -1.84. The first kappa shape index (κ1) is 8.74. The zero-order valence-corrected chi connectivity index (χ0v) is 8.19. The van der Waals surface area contributed by atoms with E-state index in [9.17, 15) is 0 Å². The number of fused-ring (bicyclic) bond motifs is 1. The maximum absolute atomic E-state index is 5.20. The zero-order chi connectivity index (χ0) is 10.1. The van der Waals surface area contributed by atoms with Gasteiger partial charge in [0.25, 0.3) is 0 Å². The molecule has 0 saturated heterocycles. The van der Waals surface area contributed by atoms with Crippen LogP contribution < -0.4 is 4.74 Å². The Labute approximate surface area is 81.8 Å². The van der Waals surface area contributed by atoms with Crippen LogP contribution in [0.5, 0.6) is 5.75 Å². The molecule has 2 aromatic rings. The summed E-state index contributed by atoms with van der Waals surface area (Å²) in [7, 11) is 1.61. The van der Waals surface area contributed by atoms with Gasteiger partial charge in [-0.2, -0.15) is 5.10 Å². The molecule has 2 rings (SSSR count). The van der Waals surface area contributed by atoms with Crippen molar-refractivity contribution >= 4 is 11.2 Å². The van der Waals surface area contributed by atoms with Gasteiger partial charge in [-0.15, -0.1) is 0 Å². The quantitative estimate of drug-likeness (QED) is 0.722. The molecule has 0 radical (unpaired) electrons. The minimum absolute atomic E-state index is 0.689. The van der Waals surface area contributed by atoms with E-state index in [1.807, 2.05) is 13.0 Å². The molecule has 0 N–H and O–H groups in total. The van der Waals surface area contributed by atoms with E-state index in [4.69, 9.17) is 4.74 Å². The summed E-state index contributed by atoms with van der Waals surface area (Å²) in [4.78, 5) is 4.38. The minimum Gasteiger partial charge on any atom is -0.493 e. The topological polar surface area (TPSA) is 39.4 Å². The number of aromatic nitrogens is 3. The highest BCUT2D eigenvalue weighted by Gasteiger charge is 2.07. The Bertz CT molecular complexity index is 487.